The Bertz CT molecular complexity index is 957. The number of rotatable bonds is 10. The van der Waals surface area contributed by atoms with E-state index in [2.05, 4.69) is 0 Å². The van der Waals surface area contributed by atoms with Gasteiger partial charge in [-0.1, -0.05) is 44.2 Å². The van der Waals surface area contributed by atoms with Crippen molar-refractivity contribution < 1.29 is 33.8 Å². The summed E-state index contributed by atoms with van der Waals surface area (Å²) in [6, 6.07) is 6.33. The van der Waals surface area contributed by atoms with Crippen LogP contribution in [0.4, 0.5) is 0 Å². The zero-order chi connectivity index (χ0) is 25.0. The summed E-state index contributed by atoms with van der Waals surface area (Å²) in [6.07, 6.45) is 2.22. The Hall–Kier alpha value is -2.64. The smallest absolute Gasteiger partial charge is 0.333 e. The first kappa shape index (κ1) is 26.6. The monoisotopic (exact) mass is 458 g/mol. The molecule has 3 atom stereocenters. The number of ketones is 3. The van der Waals surface area contributed by atoms with E-state index in [9.17, 15) is 24.3 Å². The van der Waals surface area contributed by atoms with Gasteiger partial charge in [0.25, 0.3) is 0 Å². The highest BCUT2D eigenvalue weighted by atomic mass is 16.5. The fraction of sp³-hybridized carbons (Fsp3) is 0.538. The van der Waals surface area contributed by atoms with Crippen molar-refractivity contribution in [1.29, 1.82) is 0 Å². The number of fused-ring (bicyclic) bond motifs is 1. The number of carbonyl (C=O) groups excluding carboxylic acids is 4. The van der Waals surface area contributed by atoms with Crippen molar-refractivity contribution in [3.63, 3.8) is 0 Å². The summed E-state index contributed by atoms with van der Waals surface area (Å²) < 4.78 is 10.8. The summed E-state index contributed by atoms with van der Waals surface area (Å²) in [4.78, 5) is 50.3. The van der Waals surface area contributed by atoms with Crippen LogP contribution in [0.25, 0.3) is 0 Å². The average Bonchev–Trinajstić information content (AvgIpc) is 2.78. The topological polar surface area (TPSA) is 107 Å². The molecule has 2 rings (SSSR count). The molecule has 3 unspecified atom stereocenters. The van der Waals surface area contributed by atoms with Crippen LogP contribution in [0.3, 0.4) is 0 Å². The van der Waals surface area contributed by atoms with Gasteiger partial charge in [-0.3, -0.25) is 14.4 Å². The minimum Gasteiger partial charge on any atom is -0.462 e. The average molecular weight is 459 g/mol. The van der Waals surface area contributed by atoms with Crippen molar-refractivity contribution in [1.82, 2.24) is 0 Å². The normalized spacial score (nSPS) is 19.7. The molecule has 1 aromatic rings. The van der Waals surface area contributed by atoms with Crippen LogP contribution in [0, 0.1) is 11.3 Å². The highest BCUT2D eigenvalue weighted by Gasteiger charge is 2.42. The minimum atomic E-state index is -1.08. The van der Waals surface area contributed by atoms with E-state index in [1.165, 1.54) is 13.2 Å². The van der Waals surface area contributed by atoms with Crippen LogP contribution in [0.2, 0.25) is 0 Å². The van der Waals surface area contributed by atoms with Crippen LogP contribution >= 0.6 is 0 Å². The van der Waals surface area contributed by atoms with Gasteiger partial charge >= 0.3 is 5.97 Å². The second-order valence-corrected chi connectivity index (χ2v) is 9.72. The lowest BCUT2D eigenvalue weighted by atomic mass is 9.73. The van der Waals surface area contributed by atoms with Crippen molar-refractivity contribution in [2.24, 2.45) is 11.3 Å². The van der Waals surface area contributed by atoms with Crippen LogP contribution in [0.1, 0.15) is 74.6 Å². The molecule has 1 aliphatic carbocycles. The molecular formula is C26H34O7. The van der Waals surface area contributed by atoms with Gasteiger partial charge in [-0.05, 0) is 40.0 Å². The lowest BCUT2D eigenvalue weighted by Gasteiger charge is -2.31. The number of hydrogen-bond donors (Lipinski definition) is 1. The fourth-order valence-electron chi connectivity index (χ4n) is 3.81. The molecule has 1 aromatic carbocycles. The Morgan fingerprint density at radius 2 is 1.73 bits per heavy atom. The molecule has 7 nitrogen and oxygen atoms in total. The maximum Gasteiger partial charge on any atom is 0.333 e. The molecule has 0 fully saturated rings. The Kier molecular flexibility index (Phi) is 8.49. The van der Waals surface area contributed by atoms with E-state index >= 15 is 0 Å². The van der Waals surface area contributed by atoms with Crippen molar-refractivity contribution >= 4 is 23.3 Å². The highest BCUT2D eigenvalue weighted by molar-refractivity contribution is 6.51. The third-order valence-corrected chi connectivity index (χ3v) is 6.41. The second-order valence-electron chi connectivity index (χ2n) is 9.72. The number of ether oxygens (including phenoxy) is 2. The number of aliphatic hydroxyl groups excluding tert-OH is 1. The number of Topliss-reactive ketones (excluding diaryl/α,β-unsaturated/α-hetero) is 3. The second kappa shape index (κ2) is 10.5. The Labute approximate surface area is 195 Å². The Morgan fingerprint density at radius 1 is 1.12 bits per heavy atom. The third-order valence-electron chi connectivity index (χ3n) is 6.41. The van der Waals surface area contributed by atoms with Crippen LogP contribution in [-0.2, 0) is 19.1 Å². The summed E-state index contributed by atoms with van der Waals surface area (Å²) in [5.74, 6) is -3.31. The molecule has 0 radical (unpaired) electrons. The van der Waals surface area contributed by atoms with Gasteiger partial charge in [-0.15, -0.1) is 0 Å². The molecule has 1 aliphatic rings. The van der Waals surface area contributed by atoms with E-state index < -0.39 is 40.6 Å². The number of esters is 1. The molecule has 180 valence electrons. The van der Waals surface area contributed by atoms with E-state index in [0.717, 1.165) is 0 Å². The maximum atomic E-state index is 12.9. The predicted octanol–water partition coefficient (Wildman–Crippen LogP) is 3.72. The summed E-state index contributed by atoms with van der Waals surface area (Å²) in [5, 5.41) is 9.86. The van der Waals surface area contributed by atoms with Crippen molar-refractivity contribution in [3.05, 3.63) is 47.0 Å². The standard InChI is InChI=1S/C26H34O7/c1-16(10-9-13-26(5,32-6)17(2)27)24(31)33-15-25(3,4)14-20-21(28)18-11-7-8-12-19(18)22(29)23(20)30/h7-8,10-12,17,20,27H,9,13-15H2,1-6H3/b16-10+. The van der Waals surface area contributed by atoms with E-state index in [1.54, 1.807) is 58.9 Å². The predicted molar refractivity (Wildman–Crippen MR) is 123 cm³/mol. The molecule has 1 N–H and O–H groups in total. The van der Waals surface area contributed by atoms with Crippen molar-refractivity contribution in [2.45, 2.75) is 65.6 Å². The van der Waals surface area contributed by atoms with Gasteiger partial charge in [-0.2, -0.15) is 0 Å². The van der Waals surface area contributed by atoms with E-state index in [4.69, 9.17) is 9.47 Å². The molecule has 0 saturated heterocycles. The Morgan fingerprint density at radius 3 is 2.30 bits per heavy atom. The zero-order valence-corrected chi connectivity index (χ0v) is 20.3. The van der Waals surface area contributed by atoms with Crippen LogP contribution in [0.5, 0.6) is 0 Å². The first-order chi connectivity index (χ1) is 15.3. The van der Waals surface area contributed by atoms with Gasteiger partial charge in [-0.25, -0.2) is 4.79 Å². The summed E-state index contributed by atoms with van der Waals surface area (Å²) in [5.41, 5.74) is -0.575. The SMILES string of the molecule is COC(C)(CC/C=C(\C)C(=O)OCC(C)(C)CC1C(=O)C(=O)c2ccccc2C1=O)C(C)O. The lowest BCUT2D eigenvalue weighted by Crippen LogP contribution is -2.40. The molecule has 0 bridgehead atoms. The molecule has 0 saturated carbocycles. The first-order valence-corrected chi connectivity index (χ1v) is 11.1. The molecule has 7 heteroatoms. The quantitative estimate of drug-likeness (QED) is 0.246. The molecule has 0 amide bonds. The van der Waals surface area contributed by atoms with Gasteiger partial charge in [0.05, 0.1) is 24.2 Å². The van der Waals surface area contributed by atoms with E-state index in [1.807, 2.05) is 0 Å². The number of aliphatic hydroxyl groups is 1. The third kappa shape index (κ3) is 6.24. The number of methoxy groups -OCH3 is 1. The van der Waals surface area contributed by atoms with Crippen molar-refractivity contribution in [3.8, 4) is 0 Å². The summed E-state index contributed by atoms with van der Waals surface area (Å²) in [7, 11) is 1.54. The zero-order valence-electron chi connectivity index (χ0n) is 20.3. The van der Waals surface area contributed by atoms with Crippen LogP contribution in [-0.4, -0.2) is 53.8 Å². The van der Waals surface area contributed by atoms with Gasteiger partial charge in [0.15, 0.2) is 5.78 Å². The molecule has 0 aliphatic heterocycles. The number of benzene rings is 1. The first-order valence-electron chi connectivity index (χ1n) is 11.1. The number of hydrogen-bond acceptors (Lipinski definition) is 7. The van der Waals surface area contributed by atoms with Crippen molar-refractivity contribution in [2.75, 3.05) is 13.7 Å². The maximum absolute atomic E-state index is 12.9. The van der Waals surface area contributed by atoms with Crippen LogP contribution in [0.15, 0.2) is 35.9 Å². The number of carbonyl (C=O) groups is 4. The number of allylic oxidation sites excluding steroid dienone is 1. The molecular weight excluding hydrogens is 424 g/mol. The van der Waals surface area contributed by atoms with E-state index in [0.29, 0.717) is 18.4 Å². The minimum absolute atomic E-state index is 0.00658. The summed E-state index contributed by atoms with van der Waals surface area (Å²) >= 11 is 0. The molecule has 0 spiro atoms. The van der Waals surface area contributed by atoms with Gasteiger partial charge in [0.2, 0.25) is 11.6 Å². The van der Waals surface area contributed by atoms with Gasteiger partial charge in [0, 0.05) is 29.2 Å². The molecule has 0 heterocycles. The van der Waals surface area contributed by atoms with Gasteiger partial charge in [0.1, 0.15) is 0 Å². The molecule has 33 heavy (non-hydrogen) atoms. The summed E-state index contributed by atoms with van der Waals surface area (Å²) in [6.45, 7) is 8.68. The highest BCUT2D eigenvalue weighted by Crippen LogP contribution is 2.33. The van der Waals surface area contributed by atoms with E-state index in [-0.39, 0.29) is 29.9 Å². The van der Waals surface area contributed by atoms with Crippen LogP contribution < -0.4 is 0 Å². The largest absolute Gasteiger partial charge is 0.462 e. The lowest BCUT2D eigenvalue weighted by molar-refractivity contribution is -0.142. The van der Waals surface area contributed by atoms with Gasteiger partial charge < -0.3 is 14.6 Å². The fourth-order valence-corrected chi connectivity index (χ4v) is 3.81. The Balaban J connectivity index is 1.98. The molecule has 0 aromatic heterocycles.